The third kappa shape index (κ3) is 6.44. The average molecular weight is 641 g/mol. The summed E-state index contributed by atoms with van der Waals surface area (Å²) in [6, 6.07) is 16.1. The molecule has 0 fully saturated rings. The zero-order valence-corrected chi connectivity index (χ0v) is 30.7. The second kappa shape index (κ2) is 12.4. The van der Waals surface area contributed by atoms with Crippen LogP contribution in [0, 0.1) is 5.92 Å². The molecule has 1 heterocycles. The second-order valence-corrected chi connectivity index (χ2v) is 24.6. The Labute approximate surface area is 266 Å². The number of hydrogen-bond donors (Lipinski definition) is 0. The summed E-state index contributed by atoms with van der Waals surface area (Å²) in [4.78, 5) is 13.3. The fourth-order valence-electron chi connectivity index (χ4n) is 5.50. The maximum Gasteiger partial charge on any atom is 0.335 e. The van der Waals surface area contributed by atoms with Crippen LogP contribution in [0.4, 0.5) is 0 Å². The van der Waals surface area contributed by atoms with Gasteiger partial charge in [-0.05, 0) is 65.1 Å². The molecule has 0 unspecified atom stereocenters. The van der Waals surface area contributed by atoms with Crippen LogP contribution in [0.25, 0.3) is 0 Å². The molecule has 1 spiro atoms. The van der Waals surface area contributed by atoms with Gasteiger partial charge in [0.05, 0.1) is 45.5 Å². The van der Waals surface area contributed by atoms with E-state index in [0.29, 0.717) is 12.4 Å². The molecule has 0 N–H and O–H groups in total. The molecule has 0 saturated carbocycles. The number of benzene rings is 2. The van der Waals surface area contributed by atoms with Crippen LogP contribution in [-0.4, -0.2) is 49.0 Å². The maximum atomic E-state index is 13.3. The van der Waals surface area contributed by atoms with Crippen molar-refractivity contribution in [2.24, 2.45) is 5.92 Å². The molecule has 9 heteroatoms. The summed E-state index contributed by atoms with van der Waals surface area (Å²) in [6.07, 6.45) is 0.438. The number of hydrogen-bond acceptors (Lipinski definition) is 7. The normalized spacial score (nSPS) is 24.1. The number of carbonyl (C=O) groups excluding carboxylic acids is 1. The third-order valence-corrected chi connectivity index (χ3v) is 19.1. The molecule has 0 saturated heterocycles. The predicted molar refractivity (Wildman–Crippen MR) is 179 cm³/mol. The molecule has 2 aromatic carbocycles. The van der Waals surface area contributed by atoms with Crippen LogP contribution in [0.5, 0.6) is 5.75 Å². The molecule has 2 aliphatic rings. The monoisotopic (exact) mass is 640 g/mol. The lowest BCUT2D eigenvalue weighted by Crippen LogP contribution is -2.59. The van der Waals surface area contributed by atoms with Crippen molar-refractivity contribution >= 4 is 22.6 Å². The van der Waals surface area contributed by atoms with Gasteiger partial charge in [0.1, 0.15) is 11.9 Å². The van der Waals surface area contributed by atoms with Crippen molar-refractivity contribution in [2.75, 3.05) is 20.8 Å². The minimum Gasteiger partial charge on any atom is -0.497 e. The van der Waals surface area contributed by atoms with Gasteiger partial charge in [0, 0.05) is 0 Å². The van der Waals surface area contributed by atoms with Gasteiger partial charge in [0.25, 0.3) is 0 Å². The van der Waals surface area contributed by atoms with Crippen LogP contribution in [0.15, 0.2) is 60.4 Å². The smallest absolute Gasteiger partial charge is 0.335 e. The fourth-order valence-corrected chi connectivity index (χ4v) is 8.02. The quantitative estimate of drug-likeness (QED) is 0.190. The Morgan fingerprint density at radius 3 is 1.91 bits per heavy atom. The topological polar surface area (TPSA) is 72.5 Å². The third-order valence-electron chi connectivity index (χ3n) is 10.2. The van der Waals surface area contributed by atoms with Gasteiger partial charge in [-0.15, -0.1) is 0 Å². The number of ether oxygens (including phenoxy) is 4. The molecular weight excluding hydrogens is 589 g/mol. The van der Waals surface area contributed by atoms with Crippen molar-refractivity contribution in [2.45, 2.75) is 102 Å². The fraction of sp³-hybridized carbons (Fsp3) is 0.571. The Morgan fingerprint density at radius 2 is 1.36 bits per heavy atom. The Balaban J connectivity index is 1.90. The van der Waals surface area contributed by atoms with Crippen LogP contribution in [-0.2, 0) is 34.5 Å². The largest absolute Gasteiger partial charge is 0.497 e. The van der Waals surface area contributed by atoms with E-state index in [4.69, 9.17) is 27.8 Å². The molecule has 4 rings (SSSR count). The molecule has 0 bridgehead atoms. The van der Waals surface area contributed by atoms with Gasteiger partial charge in [0.2, 0.25) is 5.60 Å². The van der Waals surface area contributed by atoms with Gasteiger partial charge >= 0.3 is 5.97 Å². The molecule has 0 aromatic heterocycles. The summed E-state index contributed by atoms with van der Waals surface area (Å²) in [6.45, 7) is 22.9. The van der Waals surface area contributed by atoms with Gasteiger partial charge < -0.3 is 27.8 Å². The SMILES string of the molecule is COC1=CC(=O)O[C@]12[C@H](O[Si](C)(C)C(C)(C)C)c1ccccc1[C@H](O[Si](C)(C)C(C)(C)C)[C@@H]2COCc1ccc(OC)cc1. The standard InChI is InChI=1S/C35H52O7Si2/c1-33(2,3)43(9,10)41-31-26-15-13-14-16-27(26)32(42-44(11,12)34(4,5)6)35(29(38-8)21-30(36)40-35)28(31)23-39-22-24-17-19-25(37-7)20-18-24/h13-21,28,31-32H,22-23H2,1-12H3/t28-,31-,32+,35-/m0/s1. The van der Waals surface area contributed by atoms with Crippen molar-refractivity contribution < 1.29 is 32.6 Å². The number of fused-ring (bicyclic) bond motifs is 1. The highest BCUT2D eigenvalue weighted by Gasteiger charge is 2.65. The minimum atomic E-state index is -2.40. The lowest BCUT2D eigenvalue weighted by Gasteiger charge is -2.54. The average Bonchev–Trinajstić information content (AvgIpc) is 3.27. The van der Waals surface area contributed by atoms with Crippen LogP contribution < -0.4 is 4.74 Å². The zero-order chi connectivity index (χ0) is 32.7. The van der Waals surface area contributed by atoms with Gasteiger partial charge in [-0.3, -0.25) is 0 Å². The first-order valence-electron chi connectivity index (χ1n) is 15.5. The predicted octanol–water partition coefficient (Wildman–Crippen LogP) is 8.49. The van der Waals surface area contributed by atoms with Crippen LogP contribution in [0.1, 0.15) is 70.4 Å². The first-order valence-corrected chi connectivity index (χ1v) is 21.3. The summed E-state index contributed by atoms with van der Waals surface area (Å²) < 4.78 is 38.9. The van der Waals surface area contributed by atoms with Crippen LogP contribution >= 0.6 is 0 Å². The van der Waals surface area contributed by atoms with Crippen molar-refractivity contribution in [3.63, 3.8) is 0 Å². The molecule has 44 heavy (non-hydrogen) atoms. The molecule has 7 nitrogen and oxygen atoms in total. The lowest BCUT2D eigenvalue weighted by atomic mass is 9.68. The van der Waals surface area contributed by atoms with Gasteiger partial charge in [-0.1, -0.05) is 77.9 Å². The number of methoxy groups -OCH3 is 2. The maximum absolute atomic E-state index is 13.3. The van der Waals surface area contributed by atoms with E-state index in [2.05, 4.69) is 79.9 Å². The highest BCUT2D eigenvalue weighted by molar-refractivity contribution is 6.74. The zero-order valence-electron chi connectivity index (χ0n) is 28.7. The molecule has 4 atom stereocenters. The minimum absolute atomic E-state index is 0.0512. The first-order chi connectivity index (χ1) is 20.4. The van der Waals surface area contributed by atoms with E-state index in [1.807, 2.05) is 36.4 Å². The van der Waals surface area contributed by atoms with Gasteiger partial charge in [0.15, 0.2) is 22.4 Å². The Morgan fingerprint density at radius 1 is 0.795 bits per heavy atom. The van der Waals surface area contributed by atoms with Crippen molar-refractivity contribution in [3.05, 3.63) is 77.1 Å². The van der Waals surface area contributed by atoms with E-state index in [1.165, 1.54) is 6.08 Å². The second-order valence-electron chi connectivity index (χ2n) is 15.1. The summed E-state index contributed by atoms with van der Waals surface area (Å²) in [5.41, 5.74) is 1.74. The molecule has 0 amide bonds. The van der Waals surface area contributed by atoms with E-state index < -0.39 is 46.3 Å². The molecule has 1 aliphatic carbocycles. The van der Waals surface area contributed by atoms with E-state index in [-0.39, 0.29) is 16.7 Å². The van der Waals surface area contributed by atoms with E-state index in [0.717, 1.165) is 22.4 Å². The Hall–Kier alpha value is -2.44. The van der Waals surface area contributed by atoms with E-state index in [9.17, 15) is 4.79 Å². The number of carbonyl (C=O) groups is 1. The molecule has 1 aliphatic heterocycles. The highest BCUT2D eigenvalue weighted by atomic mass is 28.4. The Bertz CT molecular complexity index is 1350. The number of rotatable bonds is 10. The lowest BCUT2D eigenvalue weighted by molar-refractivity contribution is -0.190. The highest BCUT2D eigenvalue weighted by Crippen LogP contribution is 2.60. The summed E-state index contributed by atoms with van der Waals surface area (Å²) in [7, 11) is -1.48. The van der Waals surface area contributed by atoms with Crippen molar-refractivity contribution in [1.29, 1.82) is 0 Å². The van der Waals surface area contributed by atoms with E-state index in [1.54, 1.807) is 14.2 Å². The summed E-state index contributed by atoms with van der Waals surface area (Å²) >= 11 is 0. The first kappa shape index (κ1) is 34.4. The van der Waals surface area contributed by atoms with Crippen LogP contribution in [0.3, 0.4) is 0 Å². The Kier molecular flexibility index (Phi) is 9.70. The van der Waals surface area contributed by atoms with Crippen molar-refractivity contribution in [1.82, 2.24) is 0 Å². The molecular formula is C35H52O7Si2. The van der Waals surface area contributed by atoms with Gasteiger partial charge in [-0.25, -0.2) is 4.79 Å². The number of esters is 1. The van der Waals surface area contributed by atoms with Crippen LogP contribution in [0.2, 0.25) is 36.3 Å². The summed E-state index contributed by atoms with van der Waals surface area (Å²) in [5.74, 6) is 0.342. The molecule has 242 valence electrons. The van der Waals surface area contributed by atoms with E-state index >= 15 is 0 Å². The summed E-state index contributed by atoms with van der Waals surface area (Å²) in [5, 5.41) is -0.137. The molecule has 2 aromatic rings. The van der Waals surface area contributed by atoms with Gasteiger partial charge in [-0.2, -0.15) is 0 Å². The van der Waals surface area contributed by atoms with Crippen molar-refractivity contribution in [3.8, 4) is 5.75 Å². The molecule has 0 radical (unpaired) electrons.